The van der Waals surface area contributed by atoms with Crippen molar-refractivity contribution < 1.29 is 18.7 Å². The maximum atomic E-state index is 12.5. The van der Waals surface area contributed by atoms with E-state index in [1.807, 2.05) is 37.3 Å². The largest absolute Gasteiger partial charge is 0.493 e. The van der Waals surface area contributed by atoms with E-state index in [0.717, 1.165) is 11.8 Å². The molecule has 0 bridgehead atoms. The highest BCUT2D eigenvalue weighted by Gasteiger charge is 2.19. The van der Waals surface area contributed by atoms with Crippen LogP contribution in [0.4, 0.5) is 0 Å². The van der Waals surface area contributed by atoms with E-state index < -0.39 is 0 Å². The smallest absolute Gasteiger partial charge is 0.287 e. The average molecular weight is 323 g/mol. The van der Waals surface area contributed by atoms with Crippen LogP contribution >= 0.6 is 0 Å². The highest BCUT2D eigenvalue weighted by atomic mass is 16.5. The molecule has 5 nitrogen and oxygen atoms in total. The molecule has 122 valence electrons. The summed E-state index contributed by atoms with van der Waals surface area (Å²) in [6.45, 7) is 1.90. The van der Waals surface area contributed by atoms with Crippen LogP contribution in [-0.2, 0) is 0 Å². The van der Waals surface area contributed by atoms with Gasteiger partial charge in [-0.15, -0.1) is 0 Å². The van der Waals surface area contributed by atoms with Crippen molar-refractivity contribution >= 4 is 23.2 Å². The second kappa shape index (κ2) is 6.58. The van der Waals surface area contributed by atoms with Crippen molar-refractivity contribution in [1.29, 1.82) is 0 Å². The summed E-state index contributed by atoms with van der Waals surface area (Å²) in [5.41, 5.74) is 1.83. The third-order valence-electron chi connectivity index (χ3n) is 3.90. The summed E-state index contributed by atoms with van der Waals surface area (Å²) in [5.74, 6) is 0.271. The van der Waals surface area contributed by atoms with Crippen LogP contribution < -0.4 is 10.1 Å². The molecule has 1 N–H and O–H groups in total. The van der Waals surface area contributed by atoms with E-state index in [9.17, 15) is 9.59 Å². The van der Waals surface area contributed by atoms with Crippen molar-refractivity contribution in [3.63, 3.8) is 0 Å². The molecule has 3 aromatic rings. The van der Waals surface area contributed by atoms with Crippen LogP contribution in [0.25, 0.3) is 11.0 Å². The summed E-state index contributed by atoms with van der Waals surface area (Å²) in [4.78, 5) is 23.6. The molecule has 1 atom stereocenters. The lowest BCUT2D eigenvalue weighted by atomic mass is 10.1. The lowest BCUT2D eigenvalue weighted by molar-refractivity contribution is 0.0913. The second-order valence-corrected chi connectivity index (χ2v) is 5.43. The molecular weight excluding hydrogens is 306 g/mol. The number of benzene rings is 2. The molecule has 24 heavy (non-hydrogen) atoms. The summed E-state index contributed by atoms with van der Waals surface area (Å²) < 4.78 is 10.9. The third-order valence-corrected chi connectivity index (χ3v) is 3.90. The number of nitrogens with one attached hydrogen (secondary N) is 1. The molecule has 1 heterocycles. The monoisotopic (exact) mass is 323 g/mol. The first-order chi connectivity index (χ1) is 11.6. The van der Waals surface area contributed by atoms with Crippen LogP contribution in [0, 0.1) is 0 Å². The van der Waals surface area contributed by atoms with Crippen LogP contribution in [0.1, 0.15) is 39.4 Å². The van der Waals surface area contributed by atoms with Crippen LogP contribution in [-0.4, -0.2) is 19.3 Å². The number of ether oxygens (including phenoxy) is 1. The minimum absolute atomic E-state index is 0.139. The second-order valence-electron chi connectivity index (χ2n) is 5.43. The van der Waals surface area contributed by atoms with Gasteiger partial charge in [-0.3, -0.25) is 9.59 Å². The molecule has 1 aromatic heterocycles. The summed E-state index contributed by atoms with van der Waals surface area (Å²) in [6.07, 6.45) is 0.728. The number of hydrogen-bond acceptors (Lipinski definition) is 4. The Hall–Kier alpha value is -3.08. The molecule has 0 saturated carbocycles. The summed E-state index contributed by atoms with van der Waals surface area (Å²) in [5, 5.41) is 3.44. The van der Waals surface area contributed by atoms with Crippen LogP contribution in [0.15, 0.2) is 52.9 Å². The van der Waals surface area contributed by atoms with Crippen molar-refractivity contribution in [3.05, 3.63) is 65.4 Å². The zero-order valence-corrected chi connectivity index (χ0v) is 13.4. The fourth-order valence-corrected chi connectivity index (χ4v) is 2.59. The number of aldehydes is 1. The summed E-state index contributed by atoms with van der Waals surface area (Å²) >= 11 is 0. The Bertz CT molecular complexity index is 883. The van der Waals surface area contributed by atoms with E-state index in [2.05, 4.69) is 5.32 Å². The quantitative estimate of drug-likeness (QED) is 0.726. The minimum Gasteiger partial charge on any atom is -0.493 e. The van der Waals surface area contributed by atoms with E-state index in [-0.39, 0.29) is 17.7 Å². The molecule has 3 rings (SSSR count). The predicted molar refractivity (Wildman–Crippen MR) is 90.5 cm³/mol. The van der Waals surface area contributed by atoms with E-state index in [4.69, 9.17) is 9.15 Å². The Morgan fingerprint density at radius 2 is 1.96 bits per heavy atom. The molecule has 5 heteroatoms. The molecular formula is C19H17NO4. The Kier molecular flexibility index (Phi) is 4.33. The molecule has 0 saturated heterocycles. The first-order valence-electron chi connectivity index (χ1n) is 7.55. The predicted octanol–water partition coefficient (Wildman–Crippen LogP) is 3.74. The van der Waals surface area contributed by atoms with Gasteiger partial charge in [-0.1, -0.05) is 30.3 Å². The molecule has 1 unspecified atom stereocenters. The molecule has 0 aliphatic heterocycles. The van der Waals surface area contributed by atoms with Crippen LogP contribution in [0.2, 0.25) is 0 Å². The number of methoxy groups -OCH3 is 1. The van der Waals surface area contributed by atoms with Gasteiger partial charge in [0.15, 0.2) is 23.4 Å². The highest BCUT2D eigenvalue weighted by Crippen LogP contribution is 2.31. The zero-order chi connectivity index (χ0) is 17.1. The number of rotatable bonds is 5. The zero-order valence-electron chi connectivity index (χ0n) is 13.4. The number of hydrogen-bond donors (Lipinski definition) is 1. The fraction of sp³-hybridized carbons (Fsp3) is 0.158. The van der Waals surface area contributed by atoms with Crippen molar-refractivity contribution in [2.24, 2.45) is 0 Å². The third kappa shape index (κ3) is 2.88. The lowest BCUT2D eigenvalue weighted by Gasteiger charge is -2.12. The molecule has 0 fully saturated rings. The van der Waals surface area contributed by atoms with Gasteiger partial charge >= 0.3 is 0 Å². The molecule has 0 spiro atoms. The highest BCUT2D eigenvalue weighted by molar-refractivity contribution is 6.03. The van der Waals surface area contributed by atoms with Crippen molar-refractivity contribution in [3.8, 4) is 5.75 Å². The first kappa shape index (κ1) is 15.8. The SMILES string of the molecule is COc1ccc(C=O)c2cc(C(=O)NC(C)c3ccccc3)oc12. The van der Waals surface area contributed by atoms with Crippen molar-refractivity contribution in [2.45, 2.75) is 13.0 Å². The first-order valence-corrected chi connectivity index (χ1v) is 7.55. The van der Waals surface area contributed by atoms with Gasteiger partial charge in [0.1, 0.15) is 0 Å². The van der Waals surface area contributed by atoms with E-state index >= 15 is 0 Å². The summed E-state index contributed by atoms with van der Waals surface area (Å²) in [6, 6.07) is 14.3. The number of amides is 1. The fourth-order valence-electron chi connectivity index (χ4n) is 2.59. The van der Waals surface area contributed by atoms with Gasteiger partial charge in [0.25, 0.3) is 5.91 Å². The standard InChI is InChI=1S/C19H17NO4/c1-12(13-6-4-3-5-7-13)20-19(22)17-10-15-14(11-21)8-9-16(23-2)18(15)24-17/h3-12H,1-2H3,(H,20,22). The molecule has 0 radical (unpaired) electrons. The van der Waals surface area contributed by atoms with Crippen LogP contribution in [0.3, 0.4) is 0 Å². The van der Waals surface area contributed by atoms with Gasteiger partial charge < -0.3 is 14.5 Å². The Morgan fingerprint density at radius 1 is 1.21 bits per heavy atom. The lowest BCUT2D eigenvalue weighted by Crippen LogP contribution is -2.26. The van der Waals surface area contributed by atoms with Crippen LogP contribution in [0.5, 0.6) is 5.75 Å². The maximum absolute atomic E-state index is 12.5. The Morgan fingerprint density at radius 3 is 2.62 bits per heavy atom. The van der Waals surface area contributed by atoms with Gasteiger partial charge in [0.2, 0.25) is 0 Å². The van der Waals surface area contributed by atoms with E-state index in [0.29, 0.717) is 22.3 Å². The maximum Gasteiger partial charge on any atom is 0.287 e. The minimum atomic E-state index is -0.346. The Balaban J connectivity index is 1.91. The topological polar surface area (TPSA) is 68.5 Å². The molecule has 0 aliphatic rings. The number of carbonyl (C=O) groups is 2. The normalized spacial score (nSPS) is 11.9. The van der Waals surface area contributed by atoms with Gasteiger partial charge in [-0.25, -0.2) is 0 Å². The van der Waals surface area contributed by atoms with E-state index in [1.54, 1.807) is 18.2 Å². The van der Waals surface area contributed by atoms with Gasteiger partial charge in [0.05, 0.1) is 13.2 Å². The number of furan rings is 1. The number of carbonyl (C=O) groups excluding carboxylic acids is 2. The molecule has 1 amide bonds. The van der Waals surface area contributed by atoms with E-state index in [1.165, 1.54) is 7.11 Å². The van der Waals surface area contributed by atoms with Crippen molar-refractivity contribution in [2.75, 3.05) is 7.11 Å². The van der Waals surface area contributed by atoms with Gasteiger partial charge in [-0.05, 0) is 30.7 Å². The summed E-state index contributed by atoms with van der Waals surface area (Å²) in [7, 11) is 1.51. The van der Waals surface area contributed by atoms with Crippen molar-refractivity contribution in [1.82, 2.24) is 5.32 Å². The average Bonchev–Trinajstić information content (AvgIpc) is 3.07. The Labute approximate surface area is 139 Å². The van der Waals surface area contributed by atoms with Gasteiger partial charge in [0, 0.05) is 10.9 Å². The molecule has 0 aliphatic carbocycles. The van der Waals surface area contributed by atoms with Gasteiger partial charge in [-0.2, -0.15) is 0 Å². The molecule has 2 aromatic carbocycles. The number of fused-ring (bicyclic) bond motifs is 1.